The molecule has 0 bridgehead atoms. The minimum Gasteiger partial charge on any atom is -0.382 e. The first kappa shape index (κ1) is 11.2. The number of hydrogen-bond donors (Lipinski definition) is 1. The molecule has 0 saturated carbocycles. The van der Waals surface area contributed by atoms with E-state index in [1.165, 1.54) is 11.5 Å². The summed E-state index contributed by atoms with van der Waals surface area (Å²) >= 11 is 1.32. The van der Waals surface area contributed by atoms with Crippen molar-refractivity contribution in [3.8, 4) is 6.07 Å². The standard InChI is InChI=1S/C10H15N5S/c1-14(2)7-3-4-15(6-7)10-8(5-11)9(12)13-16-10/h7H,3-4,6H2,1-2H3,(H2,12,13). The molecule has 2 N–H and O–H groups in total. The van der Waals surface area contributed by atoms with Crippen LogP contribution in [0.4, 0.5) is 10.8 Å². The molecule has 1 saturated heterocycles. The van der Waals surface area contributed by atoms with Gasteiger partial charge in [0.2, 0.25) is 0 Å². The van der Waals surface area contributed by atoms with Gasteiger partial charge in [-0.1, -0.05) is 0 Å². The monoisotopic (exact) mass is 237 g/mol. The van der Waals surface area contributed by atoms with Gasteiger partial charge in [0.25, 0.3) is 0 Å². The van der Waals surface area contributed by atoms with Crippen molar-refractivity contribution in [3.63, 3.8) is 0 Å². The van der Waals surface area contributed by atoms with Gasteiger partial charge in [-0.2, -0.15) is 9.64 Å². The van der Waals surface area contributed by atoms with E-state index >= 15 is 0 Å². The zero-order valence-electron chi connectivity index (χ0n) is 9.47. The molecule has 1 unspecified atom stereocenters. The average molecular weight is 237 g/mol. The molecular formula is C10H15N5S. The van der Waals surface area contributed by atoms with Gasteiger partial charge in [0, 0.05) is 19.1 Å². The molecule has 0 aliphatic carbocycles. The lowest BCUT2D eigenvalue weighted by Crippen LogP contribution is -2.31. The molecule has 0 amide bonds. The van der Waals surface area contributed by atoms with E-state index in [2.05, 4.69) is 34.3 Å². The van der Waals surface area contributed by atoms with Gasteiger partial charge in [0.1, 0.15) is 16.6 Å². The van der Waals surface area contributed by atoms with Gasteiger partial charge in [0.15, 0.2) is 5.82 Å². The van der Waals surface area contributed by atoms with Gasteiger partial charge >= 0.3 is 0 Å². The lowest BCUT2D eigenvalue weighted by Gasteiger charge is -2.20. The van der Waals surface area contributed by atoms with Crippen molar-refractivity contribution in [2.75, 3.05) is 37.8 Å². The second kappa shape index (κ2) is 4.28. The number of likely N-dealkylation sites (N-methyl/N-ethyl adjacent to an activating group) is 1. The molecule has 0 radical (unpaired) electrons. The van der Waals surface area contributed by atoms with Crippen LogP contribution in [0.15, 0.2) is 0 Å². The highest BCUT2D eigenvalue weighted by atomic mass is 32.1. The minimum absolute atomic E-state index is 0.357. The van der Waals surface area contributed by atoms with Crippen LogP contribution in [0.25, 0.3) is 0 Å². The first-order valence-electron chi connectivity index (χ1n) is 5.20. The fraction of sp³-hybridized carbons (Fsp3) is 0.600. The Labute approximate surface area is 99.2 Å². The summed E-state index contributed by atoms with van der Waals surface area (Å²) in [6.07, 6.45) is 1.12. The summed E-state index contributed by atoms with van der Waals surface area (Å²) in [7, 11) is 4.17. The molecule has 1 aliphatic rings. The van der Waals surface area contributed by atoms with E-state index in [1.54, 1.807) is 0 Å². The zero-order valence-corrected chi connectivity index (χ0v) is 10.3. The molecule has 1 fully saturated rings. The second-order valence-electron chi connectivity index (χ2n) is 4.21. The molecule has 2 rings (SSSR count). The van der Waals surface area contributed by atoms with E-state index < -0.39 is 0 Å². The summed E-state index contributed by atoms with van der Waals surface area (Å²) in [6, 6.07) is 2.68. The summed E-state index contributed by atoms with van der Waals surface area (Å²) in [6.45, 7) is 1.92. The third kappa shape index (κ3) is 1.84. The molecule has 1 aromatic rings. The Hall–Kier alpha value is -1.32. The number of aromatic nitrogens is 1. The van der Waals surface area contributed by atoms with Crippen molar-refractivity contribution in [3.05, 3.63) is 5.56 Å². The van der Waals surface area contributed by atoms with Gasteiger partial charge in [0.05, 0.1) is 0 Å². The van der Waals surface area contributed by atoms with Crippen molar-refractivity contribution >= 4 is 22.4 Å². The van der Waals surface area contributed by atoms with E-state index in [4.69, 9.17) is 11.0 Å². The van der Waals surface area contributed by atoms with Gasteiger partial charge in [-0.3, -0.25) is 0 Å². The maximum Gasteiger partial charge on any atom is 0.157 e. The highest BCUT2D eigenvalue weighted by Crippen LogP contribution is 2.32. The molecule has 1 aromatic heterocycles. The normalized spacial score (nSPS) is 20.4. The Kier molecular flexibility index (Phi) is 2.99. The highest BCUT2D eigenvalue weighted by molar-refractivity contribution is 7.10. The van der Waals surface area contributed by atoms with Crippen LogP contribution in [-0.4, -0.2) is 42.5 Å². The lowest BCUT2D eigenvalue weighted by molar-refractivity contribution is 0.315. The van der Waals surface area contributed by atoms with Gasteiger partial charge in [-0.05, 0) is 32.0 Å². The molecule has 6 heteroatoms. The van der Waals surface area contributed by atoms with E-state index in [1.807, 2.05) is 0 Å². The third-order valence-corrected chi connectivity index (χ3v) is 3.92. The average Bonchev–Trinajstić information content (AvgIpc) is 2.83. The summed E-state index contributed by atoms with van der Waals surface area (Å²) in [5, 5.41) is 9.94. The maximum atomic E-state index is 9.02. The molecule has 5 nitrogen and oxygen atoms in total. The Morgan fingerprint density at radius 1 is 1.62 bits per heavy atom. The number of rotatable bonds is 2. The van der Waals surface area contributed by atoms with Crippen LogP contribution in [-0.2, 0) is 0 Å². The summed E-state index contributed by atoms with van der Waals surface area (Å²) < 4.78 is 4.04. The van der Waals surface area contributed by atoms with Crippen LogP contribution in [0.5, 0.6) is 0 Å². The third-order valence-electron chi connectivity index (χ3n) is 2.99. The predicted octanol–water partition coefficient (Wildman–Crippen LogP) is 0.737. The summed E-state index contributed by atoms with van der Waals surface area (Å²) in [5.41, 5.74) is 6.19. The van der Waals surface area contributed by atoms with Gasteiger partial charge in [-0.15, -0.1) is 0 Å². The Morgan fingerprint density at radius 2 is 2.38 bits per heavy atom. The Bertz CT molecular complexity index is 419. The molecule has 0 spiro atoms. The minimum atomic E-state index is 0.357. The van der Waals surface area contributed by atoms with E-state index in [9.17, 15) is 0 Å². The number of nitrogen functional groups attached to an aromatic ring is 1. The Morgan fingerprint density at radius 3 is 2.94 bits per heavy atom. The van der Waals surface area contributed by atoms with Crippen LogP contribution < -0.4 is 10.6 Å². The Balaban J connectivity index is 2.18. The first-order chi connectivity index (χ1) is 7.63. The van der Waals surface area contributed by atoms with Crippen LogP contribution in [0.1, 0.15) is 12.0 Å². The van der Waals surface area contributed by atoms with Crippen molar-refractivity contribution < 1.29 is 0 Å². The number of anilines is 2. The fourth-order valence-corrected chi connectivity index (χ4v) is 2.76. The topological polar surface area (TPSA) is 69.2 Å². The number of hydrogen-bond acceptors (Lipinski definition) is 6. The van der Waals surface area contributed by atoms with Gasteiger partial charge in [-0.25, -0.2) is 0 Å². The molecular weight excluding hydrogens is 222 g/mol. The van der Waals surface area contributed by atoms with E-state index in [0.29, 0.717) is 17.4 Å². The predicted molar refractivity (Wildman–Crippen MR) is 65.5 cm³/mol. The fourth-order valence-electron chi connectivity index (χ4n) is 1.96. The summed E-state index contributed by atoms with van der Waals surface area (Å²) in [4.78, 5) is 4.42. The van der Waals surface area contributed by atoms with Crippen LogP contribution >= 0.6 is 11.5 Å². The van der Waals surface area contributed by atoms with Crippen molar-refractivity contribution in [1.29, 1.82) is 5.26 Å². The van der Waals surface area contributed by atoms with Crippen molar-refractivity contribution in [2.24, 2.45) is 0 Å². The molecule has 0 aromatic carbocycles. The van der Waals surface area contributed by atoms with Crippen molar-refractivity contribution in [1.82, 2.24) is 9.27 Å². The smallest absolute Gasteiger partial charge is 0.157 e. The van der Waals surface area contributed by atoms with Crippen LogP contribution in [0.2, 0.25) is 0 Å². The van der Waals surface area contributed by atoms with Crippen LogP contribution in [0.3, 0.4) is 0 Å². The van der Waals surface area contributed by atoms with E-state index in [0.717, 1.165) is 24.5 Å². The summed E-state index contributed by atoms with van der Waals surface area (Å²) in [5.74, 6) is 0.357. The number of nitriles is 1. The molecule has 86 valence electrons. The number of nitrogens with two attached hydrogens (primary N) is 1. The zero-order chi connectivity index (χ0) is 11.7. The number of nitrogens with zero attached hydrogens (tertiary/aromatic N) is 4. The molecule has 16 heavy (non-hydrogen) atoms. The van der Waals surface area contributed by atoms with Gasteiger partial charge < -0.3 is 15.5 Å². The quantitative estimate of drug-likeness (QED) is 0.821. The molecule has 2 heterocycles. The lowest BCUT2D eigenvalue weighted by atomic mass is 10.2. The highest BCUT2D eigenvalue weighted by Gasteiger charge is 2.27. The first-order valence-corrected chi connectivity index (χ1v) is 5.97. The largest absolute Gasteiger partial charge is 0.382 e. The van der Waals surface area contributed by atoms with E-state index in [-0.39, 0.29) is 0 Å². The molecule has 1 aliphatic heterocycles. The van der Waals surface area contributed by atoms with Crippen molar-refractivity contribution in [2.45, 2.75) is 12.5 Å². The maximum absolute atomic E-state index is 9.02. The SMILES string of the molecule is CN(C)C1CCN(c2snc(N)c2C#N)C1. The van der Waals surface area contributed by atoms with Crippen LogP contribution in [0, 0.1) is 11.3 Å². The molecule has 1 atom stereocenters. The second-order valence-corrected chi connectivity index (χ2v) is 4.96.